The zero-order valence-corrected chi connectivity index (χ0v) is 9.10. The minimum atomic E-state index is 0.819. The van der Waals surface area contributed by atoms with Gasteiger partial charge in [0.05, 0.1) is 5.71 Å². The first-order valence-electron chi connectivity index (χ1n) is 4.88. The highest BCUT2D eigenvalue weighted by molar-refractivity contribution is 6.12. The van der Waals surface area contributed by atoms with Crippen LogP contribution < -0.4 is 0 Å². The van der Waals surface area contributed by atoms with Gasteiger partial charge in [0.15, 0.2) is 0 Å². The summed E-state index contributed by atoms with van der Waals surface area (Å²) in [4.78, 5) is 0. The second kappa shape index (κ2) is 2.84. The fourth-order valence-electron chi connectivity index (χ4n) is 2.24. The van der Waals surface area contributed by atoms with Crippen LogP contribution in [-0.2, 0) is 6.42 Å². The van der Waals surface area contributed by atoms with Crippen molar-refractivity contribution in [2.45, 2.75) is 34.1 Å². The molecule has 0 fully saturated rings. The Morgan fingerprint density at radius 3 is 2.07 bits per heavy atom. The smallest absolute Gasteiger partial charge is 0.0917 e. The second-order valence-corrected chi connectivity index (χ2v) is 4.08. The van der Waals surface area contributed by atoms with E-state index in [1.54, 1.807) is 0 Å². The van der Waals surface area contributed by atoms with E-state index in [1.165, 1.54) is 33.4 Å². The van der Waals surface area contributed by atoms with Crippen LogP contribution in [0.4, 0.5) is 0 Å². The van der Waals surface area contributed by atoms with Crippen molar-refractivity contribution in [1.29, 1.82) is 0 Å². The molecule has 1 aliphatic rings. The number of oxime groups is 1. The zero-order valence-electron chi connectivity index (χ0n) is 9.10. The predicted octanol–water partition coefficient (Wildman–Crippen LogP) is 2.65. The van der Waals surface area contributed by atoms with Crippen molar-refractivity contribution in [3.8, 4) is 0 Å². The quantitative estimate of drug-likeness (QED) is 0.494. The standard InChI is InChI=1S/C12H15NO/c1-6-7(2)9(4)12-10(8(6)3)5-11(12)13-14/h14H,5H2,1-4H3/b13-11-. The third-order valence-corrected chi connectivity index (χ3v) is 3.57. The van der Waals surface area contributed by atoms with E-state index in [0.717, 1.165) is 12.1 Å². The second-order valence-electron chi connectivity index (χ2n) is 4.08. The molecule has 0 unspecified atom stereocenters. The average Bonchev–Trinajstić information content (AvgIpc) is 2.12. The molecular weight excluding hydrogens is 174 g/mol. The molecule has 0 radical (unpaired) electrons. The van der Waals surface area contributed by atoms with Gasteiger partial charge < -0.3 is 5.21 Å². The first-order chi connectivity index (χ1) is 6.57. The lowest BCUT2D eigenvalue weighted by molar-refractivity contribution is 0.317. The van der Waals surface area contributed by atoms with Gasteiger partial charge in [0.2, 0.25) is 0 Å². The van der Waals surface area contributed by atoms with Gasteiger partial charge in [0.25, 0.3) is 0 Å². The molecule has 1 aliphatic carbocycles. The van der Waals surface area contributed by atoms with Crippen LogP contribution in [0.1, 0.15) is 33.4 Å². The molecule has 0 bridgehead atoms. The van der Waals surface area contributed by atoms with Crippen LogP contribution in [0.25, 0.3) is 0 Å². The molecule has 1 aromatic rings. The summed E-state index contributed by atoms with van der Waals surface area (Å²) in [5.74, 6) is 0. The van der Waals surface area contributed by atoms with Crippen molar-refractivity contribution >= 4 is 5.71 Å². The average molecular weight is 189 g/mol. The van der Waals surface area contributed by atoms with Crippen molar-refractivity contribution < 1.29 is 5.21 Å². The normalized spacial score (nSPS) is 16.7. The summed E-state index contributed by atoms with van der Waals surface area (Å²) in [7, 11) is 0. The fraction of sp³-hybridized carbons (Fsp3) is 0.417. The highest BCUT2D eigenvalue weighted by Gasteiger charge is 2.28. The van der Waals surface area contributed by atoms with Gasteiger partial charge in [-0.1, -0.05) is 5.16 Å². The SMILES string of the molecule is Cc1c(C)c(C)c2c(c1C)C/C2=N/O. The van der Waals surface area contributed by atoms with E-state index in [-0.39, 0.29) is 0 Å². The van der Waals surface area contributed by atoms with Crippen LogP contribution in [0.2, 0.25) is 0 Å². The molecule has 1 aromatic carbocycles. The maximum absolute atomic E-state index is 8.80. The maximum Gasteiger partial charge on any atom is 0.0917 e. The minimum absolute atomic E-state index is 0.819. The molecule has 0 saturated heterocycles. The van der Waals surface area contributed by atoms with Crippen LogP contribution in [0.3, 0.4) is 0 Å². The first kappa shape index (κ1) is 9.25. The van der Waals surface area contributed by atoms with E-state index in [9.17, 15) is 0 Å². The van der Waals surface area contributed by atoms with E-state index >= 15 is 0 Å². The number of fused-ring (bicyclic) bond motifs is 1. The molecule has 1 N–H and O–H groups in total. The maximum atomic E-state index is 8.80. The van der Waals surface area contributed by atoms with Gasteiger partial charge in [-0.15, -0.1) is 0 Å². The summed E-state index contributed by atoms with van der Waals surface area (Å²) in [6, 6.07) is 0. The summed E-state index contributed by atoms with van der Waals surface area (Å²) in [6.07, 6.45) is 0.819. The molecule has 2 nitrogen and oxygen atoms in total. The summed E-state index contributed by atoms with van der Waals surface area (Å²) < 4.78 is 0. The molecule has 0 saturated carbocycles. The van der Waals surface area contributed by atoms with E-state index in [2.05, 4.69) is 32.9 Å². The monoisotopic (exact) mass is 189 g/mol. The van der Waals surface area contributed by atoms with Crippen LogP contribution in [0.15, 0.2) is 5.16 Å². The van der Waals surface area contributed by atoms with Crippen molar-refractivity contribution in [3.63, 3.8) is 0 Å². The Bertz CT molecular complexity index is 421. The lowest BCUT2D eigenvalue weighted by atomic mass is 9.76. The fourth-order valence-corrected chi connectivity index (χ4v) is 2.24. The summed E-state index contributed by atoms with van der Waals surface area (Å²) in [5, 5.41) is 12.1. The Morgan fingerprint density at radius 1 is 0.929 bits per heavy atom. The van der Waals surface area contributed by atoms with Gasteiger partial charge in [-0.25, -0.2) is 0 Å². The van der Waals surface area contributed by atoms with Gasteiger partial charge in [-0.3, -0.25) is 0 Å². The molecule has 0 aromatic heterocycles. The number of hydrogen-bond acceptors (Lipinski definition) is 2. The summed E-state index contributed by atoms with van der Waals surface area (Å²) >= 11 is 0. The first-order valence-corrected chi connectivity index (χ1v) is 4.88. The molecule has 14 heavy (non-hydrogen) atoms. The van der Waals surface area contributed by atoms with Crippen LogP contribution in [0, 0.1) is 27.7 Å². The minimum Gasteiger partial charge on any atom is -0.411 e. The van der Waals surface area contributed by atoms with Crippen molar-refractivity contribution in [1.82, 2.24) is 0 Å². The highest BCUT2D eigenvalue weighted by Crippen LogP contribution is 2.34. The van der Waals surface area contributed by atoms with E-state index in [4.69, 9.17) is 5.21 Å². The molecular formula is C12H15NO. The largest absolute Gasteiger partial charge is 0.411 e. The van der Waals surface area contributed by atoms with Crippen molar-refractivity contribution in [2.75, 3.05) is 0 Å². The molecule has 0 atom stereocenters. The Kier molecular flexibility index (Phi) is 1.88. The van der Waals surface area contributed by atoms with E-state index < -0.39 is 0 Å². The molecule has 2 heteroatoms. The van der Waals surface area contributed by atoms with Gasteiger partial charge in [-0.05, 0) is 55.5 Å². The van der Waals surface area contributed by atoms with E-state index in [0.29, 0.717) is 0 Å². The number of nitrogens with zero attached hydrogens (tertiary/aromatic N) is 1. The van der Waals surface area contributed by atoms with Crippen molar-refractivity contribution in [2.24, 2.45) is 5.16 Å². The van der Waals surface area contributed by atoms with Gasteiger partial charge >= 0.3 is 0 Å². The molecule has 74 valence electrons. The number of rotatable bonds is 0. The lowest BCUT2D eigenvalue weighted by Gasteiger charge is -2.28. The Hall–Kier alpha value is -1.31. The third kappa shape index (κ3) is 0.939. The van der Waals surface area contributed by atoms with Crippen molar-refractivity contribution in [3.05, 3.63) is 33.4 Å². The number of benzene rings is 1. The number of hydrogen-bond donors (Lipinski definition) is 1. The van der Waals surface area contributed by atoms with E-state index in [1.807, 2.05) is 0 Å². The molecule has 0 heterocycles. The van der Waals surface area contributed by atoms with Crippen LogP contribution >= 0.6 is 0 Å². The molecule has 0 amide bonds. The Balaban J connectivity index is 2.77. The van der Waals surface area contributed by atoms with Gasteiger partial charge in [0.1, 0.15) is 0 Å². The summed E-state index contributed by atoms with van der Waals surface area (Å²) in [6.45, 7) is 8.54. The lowest BCUT2D eigenvalue weighted by Crippen LogP contribution is -2.24. The summed E-state index contributed by atoms with van der Waals surface area (Å²) in [5.41, 5.74) is 8.69. The molecule has 2 rings (SSSR count). The Labute approximate surface area is 84.3 Å². The molecule has 0 aliphatic heterocycles. The van der Waals surface area contributed by atoms with Crippen LogP contribution in [-0.4, -0.2) is 10.9 Å². The van der Waals surface area contributed by atoms with Crippen LogP contribution in [0.5, 0.6) is 0 Å². The zero-order chi connectivity index (χ0) is 10.5. The van der Waals surface area contributed by atoms with Gasteiger partial charge in [-0.2, -0.15) is 0 Å². The Morgan fingerprint density at radius 2 is 1.50 bits per heavy atom. The molecule has 0 spiro atoms. The third-order valence-electron chi connectivity index (χ3n) is 3.57. The topological polar surface area (TPSA) is 32.6 Å². The van der Waals surface area contributed by atoms with Gasteiger partial charge in [0, 0.05) is 12.0 Å². The highest BCUT2D eigenvalue weighted by atomic mass is 16.4. The predicted molar refractivity (Wildman–Crippen MR) is 57.4 cm³/mol.